The van der Waals surface area contributed by atoms with Crippen LogP contribution in [0.5, 0.6) is 11.5 Å². The fourth-order valence-electron chi connectivity index (χ4n) is 5.26. The standard InChI is InChI=1S/C34H35N5O5S2/c1-38(2)18-20-44-24-14-12-23(13-15-24)43-19-6-11-29-30(32(41)42)36-34(46-29)39-17-16-22-7-5-8-25(26(22)21-39)31(40)37-33-35-27-9-3-4-10-28(27)45-33/h3-5,7-10,12-15H,6,11,16-21H2,1-2H3,(H,41,42)(H,35,37,40). The zero-order valence-electron chi connectivity index (χ0n) is 25.7. The van der Waals surface area contributed by atoms with Crippen LogP contribution in [0.3, 0.4) is 0 Å². The van der Waals surface area contributed by atoms with E-state index in [0.717, 1.165) is 45.8 Å². The molecule has 0 radical (unpaired) electrons. The highest BCUT2D eigenvalue weighted by Gasteiger charge is 2.26. The minimum absolute atomic E-state index is 0.0758. The van der Waals surface area contributed by atoms with Gasteiger partial charge < -0.3 is 24.4 Å². The summed E-state index contributed by atoms with van der Waals surface area (Å²) in [4.78, 5) is 39.4. The summed E-state index contributed by atoms with van der Waals surface area (Å²) in [7, 11) is 4.01. The molecule has 1 aliphatic heterocycles. The molecule has 0 unspecified atom stereocenters. The minimum atomic E-state index is -1.04. The topological polar surface area (TPSA) is 117 Å². The number of nitrogens with zero attached hydrogens (tertiary/aromatic N) is 4. The van der Waals surface area contributed by atoms with Crippen molar-refractivity contribution in [2.45, 2.75) is 25.8 Å². The highest BCUT2D eigenvalue weighted by molar-refractivity contribution is 7.22. The van der Waals surface area contributed by atoms with Crippen LogP contribution in [0.2, 0.25) is 0 Å². The fourth-order valence-corrected chi connectivity index (χ4v) is 7.24. The van der Waals surface area contributed by atoms with Crippen LogP contribution in [0.1, 0.15) is 43.3 Å². The number of anilines is 2. The average Bonchev–Trinajstić information content (AvgIpc) is 3.67. The normalized spacial score (nSPS) is 12.7. The lowest BCUT2D eigenvalue weighted by Crippen LogP contribution is -2.32. The average molecular weight is 658 g/mol. The molecule has 10 nitrogen and oxygen atoms in total. The first-order valence-corrected chi connectivity index (χ1v) is 16.7. The molecule has 238 valence electrons. The number of thiazole rings is 2. The monoisotopic (exact) mass is 657 g/mol. The number of fused-ring (bicyclic) bond motifs is 2. The molecule has 0 aliphatic carbocycles. The van der Waals surface area contributed by atoms with Crippen LogP contribution in [0.25, 0.3) is 10.2 Å². The molecule has 3 aromatic carbocycles. The van der Waals surface area contributed by atoms with E-state index in [9.17, 15) is 14.7 Å². The van der Waals surface area contributed by atoms with Gasteiger partial charge in [-0.15, -0.1) is 11.3 Å². The minimum Gasteiger partial charge on any atom is -0.494 e. The molecule has 0 spiro atoms. The number of carbonyl (C=O) groups is 2. The number of carbonyl (C=O) groups excluding carboxylic acids is 1. The fraction of sp³-hybridized carbons (Fsp3) is 0.294. The zero-order valence-corrected chi connectivity index (χ0v) is 27.3. The number of ether oxygens (including phenoxy) is 2. The molecule has 0 saturated carbocycles. The van der Waals surface area contributed by atoms with Crippen molar-refractivity contribution in [1.82, 2.24) is 14.9 Å². The van der Waals surface area contributed by atoms with E-state index in [4.69, 9.17) is 9.47 Å². The lowest BCUT2D eigenvalue weighted by molar-refractivity contribution is 0.0690. The van der Waals surface area contributed by atoms with E-state index in [2.05, 4.69) is 25.1 Å². The molecule has 0 fully saturated rings. The highest BCUT2D eigenvalue weighted by atomic mass is 32.1. The number of likely N-dealkylation sites (N-methyl/N-ethyl adjacent to an activating group) is 1. The number of nitrogens with one attached hydrogen (secondary N) is 1. The number of aromatic carboxylic acids is 1. The van der Waals surface area contributed by atoms with Crippen molar-refractivity contribution in [2.75, 3.05) is 50.6 Å². The number of aromatic nitrogens is 2. The van der Waals surface area contributed by atoms with Crippen LogP contribution in [-0.2, 0) is 19.4 Å². The Morgan fingerprint density at radius 2 is 1.72 bits per heavy atom. The molecule has 5 aromatic rings. The first-order valence-electron chi connectivity index (χ1n) is 15.1. The lowest BCUT2D eigenvalue weighted by Gasteiger charge is -2.29. The summed E-state index contributed by atoms with van der Waals surface area (Å²) >= 11 is 2.84. The Balaban J connectivity index is 1.08. The molecule has 1 aliphatic rings. The number of para-hydroxylation sites is 1. The second kappa shape index (κ2) is 14.3. The molecule has 0 atom stereocenters. The van der Waals surface area contributed by atoms with Crippen molar-refractivity contribution in [3.63, 3.8) is 0 Å². The second-order valence-electron chi connectivity index (χ2n) is 11.2. The predicted molar refractivity (Wildman–Crippen MR) is 182 cm³/mol. The predicted octanol–water partition coefficient (Wildman–Crippen LogP) is 6.22. The van der Waals surface area contributed by atoms with E-state index in [1.807, 2.05) is 80.8 Å². The lowest BCUT2D eigenvalue weighted by atomic mass is 9.94. The molecular weight excluding hydrogens is 623 g/mol. The number of aryl methyl sites for hydroxylation is 1. The van der Waals surface area contributed by atoms with Gasteiger partial charge in [-0.25, -0.2) is 14.8 Å². The van der Waals surface area contributed by atoms with E-state index < -0.39 is 5.97 Å². The Kier molecular flexibility index (Phi) is 9.76. The van der Waals surface area contributed by atoms with E-state index in [0.29, 0.717) is 59.8 Å². The van der Waals surface area contributed by atoms with Crippen LogP contribution in [0, 0.1) is 0 Å². The van der Waals surface area contributed by atoms with Crippen molar-refractivity contribution in [2.24, 2.45) is 0 Å². The number of benzene rings is 3. The zero-order chi connectivity index (χ0) is 32.0. The van der Waals surface area contributed by atoms with Gasteiger partial charge in [0, 0.05) is 30.1 Å². The number of amides is 1. The number of hydrogen-bond donors (Lipinski definition) is 2. The molecule has 3 heterocycles. The summed E-state index contributed by atoms with van der Waals surface area (Å²) < 4.78 is 12.6. The van der Waals surface area contributed by atoms with Gasteiger partial charge in [0.25, 0.3) is 5.91 Å². The molecule has 2 aromatic heterocycles. The van der Waals surface area contributed by atoms with Crippen LogP contribution in [0.4, 0.5) is 10.3 Å². The van der Waals surface area contributed by atoms with Gasteiger partial charge >= 0.3 is 5.97 Å². The van der Waals surface area contributed by atoms with Gasteiger partial charge in [-0.3, -0.25) is 10.1 Å². The molecule has 0 bridgehead atoms. The number of carboxylic acids is 1. The maximum absolute atomic E-state index is 13.4. The smallest absolute Gasteiger partial charge is 0.355 e. The van der Waals surface area contributed by atoms with Gasteiger partial charge in [0.15, 0.2) is 16.0 Å². The van der Waals surface area contributed by atoms with Crippen LogP contribution >= 0.6 is 22.7 Å². The summed E-state index contributed by atoms with van der Waals surface area (Å²) in [6, 6.07) is 21.1. The third-order valence-electron chi connectivity index (χ3n) is 7.64. The largest absolute Gasteiger partial charge is 0.494 e. The number of rotatable bonds is 13. The number of carboxylic acid groups (broad SMARTS) is 1. The summed E-state index contributed by atoms with van der Waals surface area (Å²) in [5.74, 6) is 0.268. The SMILES string of the molecule is CN(C)CCOc1ccc(OCCCc2sc(N3CCc4cccc(C(=O)Nc5nc6ccccc6s5)c4C3)nc2C(=O)O)cc1. The second-order valence-corrected chi connectivity index (χ2v) is 13.3. The molecule has 12 heteroatoms. The quantitative estimate of drug-likeness (QED) is 0.142. The summed E-state index contributed by atoms with van der Waals surface area (Å²) in [5.41, 5.74) is 3.53. The van der Waals surface area contributed by atoms with E-state index in [-0.39, 0.29) is 11.6 Å². The Morgan fingerprint density at radius 3 is 2.46 bits per heavy atom. The van der Waals surface area contributed by atoms with Gasteiger partial charge in [-0.2, -0.15) is 0 Å². The first-order chi connectivity index (χ1) is 22.3. The number of hydrogen-bond acceptors (Lipinski definition) is 10. The van der Waals surface area contributed by atoms with Crippen molar-refractivity contribution in [3.8, 4) is 11.5 Å². The first kappa shape index (κ1) is 31.5. The van der Waals surface area contributed by atoms with Crippen LogP contribution in [0.15, 0.2) is 66.7 Å². The maximum Gasteiger partial charge on any atom is 0.355 e. The third kappa shape index (κ3) is 7.47. The van der Waals surface area contributed by atoms with Crippen LogP contribution < -0.4 is 19.7 Å². The highest BCUT2D eigenvalue weighted by Crippen LogP contribution is 2.33. The van der Waals surface area contributed by atoms with E-state index in [1.165, 1.54) is 22.7 Å². The van der Waals surface area contributed by atoms with Gasteiger partial charge in [-0.1, -0.05) is 35.6 Å². The molecule has 2 N–H and O–H groups in total. The molecular formula is C34H35N5O5S2. The Labute approximate surface area is 275 Å². The Bertz CT molecular complexity index is 1800. The summed E-state index contributed by atoms with van der Waals surface area (Å²) in [6.07, 6.45) is 1.90. The van der Waals surface area contributed by atoms with Gasteiger partial charge in [0.1, 0.15) is 18.1 Å². The molecule has 46 heavy (non-hydrogen) atoms. The Morgan fingerprint density at radius 1 is 0.957 bits per heavy atom. The van der Waals surface area contributed by atoms with Crippen molar-refractivity contribution in [1.29, 1.82) is 0 Å². The van der Waals surface area contributed by atoms with E-state index in [1.54, 1.807) is 0 Å². The van der Waals surface area contributed by atoms with Crippen LogP contribution in [-0.4, -0.2) is 72.2 Å². The van der Waals surface area contributed by atoms with Crippen molar-refractivity contribution in [3.05, 3.63) is 94.0 Å². The summed E-state index contributed by atoms with van der Waals surface area (Å²) in [6.45, 7) is 3.03. The maximum atomic E-state index is 13.4. The van der Waals surface area contributed by atoms with Crippen molar-refractivity contribution < 1.29 is 24.2 Å². The molecule has 6 rings (SSSR count). The van der Waals surface area contributed by atoms with Gasteiger partial charge in [-0.05, 0) is 86.9 Å². The van der Waals surface area contributed by atoms with Gasteiger partial charge in [0.2, 0.25) is 0 Å². The Hall–Kier alpha value is -4.52. The summed E-state index contributed by atoms with van der Waals surface area (Å²) in [5, 5.41) is 14.1. The van der Waals surface area contributed by atoms with E-state index >= 15 is 0 Å². The van der Waals surface area contributed by atoms with Gasteiger partial charge in [0.05, 0.1) is 16.8 Å². The molecule has 0 saturated heterocycles. The van der Waals surface area contributed by atoms with Crippen molar-refractivity contribution >= 4 is 55.0 Å². The molecule has 1 amide bonds. The third-order valence-corrected chi connectivity index (χ3v) is 9.77.